The molecule has 0 aliphatic rings. The molecule has 0 saturated heterocycles. The molecule has 1 aromatic carbocycles. The van der Waals surface area contributed by atoms with Gasteiger partial charge in [0, 0.05) is 18.6 Å². The van der Waals surface area contributed by atoms with Crippen LogP contribution in [0.4, 0.5) is 11.4 Å². The molecular weight excluding hydrogens is 324 g/mol. The van der Waals surface area contributed by atoms with Crippen LogP contribution in [0, 0.1) is 0 Å². The van der Waals surface area contributed by atoms with Gasteiger partial charge < -0.3 is 10.0 Å². The molecule has 18 heavy (non-hydrogen) atoms. The van der Waals surface area contributed by atoms with Crippen molar-refractivity contribution < 1.29 is 18.3 Å². The maximum absolute atomic E-state index is 11.6. The van der Waals surface area contributed by atoms with Crippen LogP contribution in [0.2, 0.25) is 0 Å². The van der Waals surface area contributed by atoms with Crippen LogP contribution >= 0.6 is 15.9 Å². The number of benzene rings is 1. The quantitative estimate of drug-likeness (QED) is 0.847. The highest BCUT2D eigenvalue weighted by Crippen LogP contribution is 2.28. The first-order chi connectivity index (χ1) is 8.21. The van der Waals surface area contributed by atoms with Crippen molar-refractivity contribution >= 4 is 43.3 Å². The Morgan fingerprint density at radius 3 is 2.56 bits per heavy atom. The first-order valence-electron chi connectivity index (χ1n) is 4.90. The maximum atomic E-state index is 11.6. The van der Waals surface area contributed by atoms with Crippen molar-refractivity contribution in [2.45, 2.75) is 0 Å². The van der Waals surface area contributed by atoms with E-state index in [2.05, 4.69) is 20.7 Å². The molecule has 0 unspecified atom stereocenters. The number of carbonyl (C=O) groups is 1. The Balaban J connectivity index is 3.10. The molecule has 0 heterocycles. The Bertz CT molecular complexity index is 557. The fourth-order valence-electron chi connectivity index (χ4n) is 1.35. The van der Waals surface area contributed by atoms with Gasteiger partial charge in [0.15, 0.2) is 5.75 Å². The Hall–Kier alpha value is -1.28. The molecule has 8 heteroatoms. The van der Waals surface area contributed by atoms with Gasteiger partial charge in [-0.1, -0.05) is 15.9 Å². The minimum absolute atomic E-state index is 0.329. The fourth-order valence-corrected chi connectivity index (χ4v) is 2.60. The van der Waals surface area contributed by atoms with E-state index in [-0.39, 0.29) is 0 Å². The van der Waals surface area contributed by atoms with Gasteiger partial charge in [-0.25, -0.2) is 8.42 Å². The number of sulfonamides is 1. The number of nitrogens with zero attached hydrogens (tertiary/aromatic N) is 1. The number of nitrogens with one attached hydrogen (secondary N) is 1. The molecule has 2 N–H and O–H groups in total. The molecular formula is C10H13BrN2O4S. The van der Waals surface area contributed by atoms with E-state index in [1.807, 2.05) is 0 Å². The van der Waals surface area contributed by atoms with E-state index in [1.54, 1.807) is 37.2 Å². The second-order valence-electron chi connectivity index (χ2n) is 3.81. The lowest BCUT2D eigenvalue weighted by Crippen LogP contribution is -2.23. The summed E-state index contributed by atoms with van der Waals surface area (Å²) in [4.78, 5) is 12.2. The van der Waals surface area contributed by atoms with Gasteiger partial charge in [0.25, 0.3) is 0 Å². The molecule has 0 spiro atoms. The van der Waals surface area contributed by atoms with Crippen LogP contribution in [0.25, 0.3) is 0 Å². The lowest BCUT2D eigenvalue weighted by Gasteiger charge is -2.18. The third kappa shape index (κ3) is 4.19. The van der Waals surface area contributed by atoms with Crippen LogP contribution in [0.5, 0.6) is 0 Å². The third-order valence-corrected chi connectivity index (χ3v) is 3.67. The first kappa shape index (κ1) is 14.8. The Morgan fingerprint density at radius 1 is 1.44 bits per heavy atom. The van der Waals surface area contributed by atoms with Crippen molar-refractivity contribution in [3.05, 3.63) is 22.7 Å². The zero-order chi connectivity index (χ0) is 13.9. The van der Waals surface area contributed by atoms with Crippen LogP contribution in [0.3, 0.4) is 0 Å². The summed E-state index contributed by atoms with van der Waals surface area (Å²) in [5.41, 5.74) is 0.975. The molecule has 0 radical (unpaired) electrons. The smallest absolute Gasteiger partial charge is 0.320 e. The predicted octanol–water partition coefficient (Wildman–Crippen LogP) is 1.34. The first-order valence-corrected chi connectivity index (χ1v) is 7.35. The number of carboxylic acids is 1. The van der Waals surface area contributed by atoms with Crippen molar-refractivity contribution in [1.82, 2.24) is 0 Å². The lowest BCUT2D eigenvalue weighted by molar-refractivity contribution is -0.134. The highest BCUT2D eigenvalue weighted by molar-refractivity contribution is 9.10. The molecule has 0 aliphatic carbocycles. The van der Waals surface area contributed by atoms with Crippen LogP contribution in [0.15, 0.2) is 22.7 Å². The van der Waals surface area contributed by atoms with E-state index in [0.29, 0.717) is 15.8 Å². The van der Waals surface area contributed by atoms with Gasteiger partial charge in [-0.2, -0.15) is 0 Å². The fraction of sp³-hybridized carbons (Fsp3) is 0.300. The van der Waals surface area contributed by atoms with Gasteiger partial charge in [-0.05, 0) is 18.2 Å². The molecule has 0 atom stereocenters. The second-order valence-corrected chi connectivity index (χ2v) is 6.45. The Labute approximate surface area is 114 Å². The highest BCUT2D eigenvalue weighted by atomic mass is 79.9. The van der Waals surface area contributed by atoms with Crippen LogP contribution in [-0.2, 0) is 14.8 Å². The van der Waals surface area contributed by atoms with E-state index < -0.39 is 21.7 Å². The van der Waals surface area contributed by atoms with E-state index in [9.17, 15) is 13.2 Å². The predicted molar refractivity (Wildman–Crippen MR) is 73.5 cm³/mol. The second kappa shape index (κ2) is 5.57. The SMILES string of the molecule is CN(C)c1ccc(Br)cc1NS(=O)(=O)CC(=O)O. The number of hydrogen-bond acceptors (Lipinski definition) is 4. The molecule has 0 aromatic heterocycles. The number of carboxylic acid groups (broad SMARTS) is 1. The molecule has 1 rings (SSSR count). The molecule has 0 amide bonds. The number of hydrogen-bond donors (Lipinski definition) is 2. The van der Waals surface area contributed by atoms with E-state index in [4.69, 9.17) is 5.11 Å². The summed E-state index contributed by atoms with van der Waals surface area (Å²) in [6.07, 6.45) is 0. The highest BCUT2D eigenvalue weighted by Gasteiger charge is 2.17. The molecule has 0 bridgehead atoms. The van der Waals surface area contributed by atoms with Gasteiger partial charge in [-0.3, -0.25) is 9.52 Å². The van der Waals surface area contributed by atoms with Crippen LogP contribution < -0.4 is 9.62 Å². The Kier molecular flexibility index (Phi) is 4.58. The van der Waals surface area contributed by atoms with Crippen molar-refractivity contribution in [3.63, 3.8) is 0 Å². The normalized spacial score (nSPS) is 11.1. The van der Waals surface area contributed by atoms with Gasteiger partial charge in [0.2, 0.25) is 10.0 Å². The molecule has 100 valence electrons. The minimum atomic E-state index is -3.90. The van der Waals surface area contributed by atoms with Crippen molar-refractivity contribution in [2.24, 2.45) is 0 Å². The number of anilines is 2. The van der Waals surface area contributed by atoms with Crippen molar-refractivity contribution in [2.75, 3.05) is 29.5 Å². The largest absolute Gasteiger partial charge is 0.480 e. The zero-order valence-corrected chi connectivity index (χ0v) is 12.2. The summed E-state index contributed by atoms with van der Waals surface area (Å²) in [6.45, 7) is 0. The molecule has 0 fully saturated rings. The number of halogens is 1. The van der Waals surface area contributed by atoms with Gasteiger partial charge in [0.1, 0.15) is 0 Å². The molecule has 6 nitrogen and oxygen atoms in total. The molecule has 0 aliphatic heterocycles. The molecule has 1 aromatic rings. The van der Waals surface area contributed by atoms with E-state index >= 15 is 0 Å². The summed E-state index contributed by atoms with van der Waals surface area (Å²) < 4.78 is 26.1. The summed E-state index contributed by atoms with van der Waals surface area (Å²) >= 11 is 3.23. The summed E-state index contributed by atoms with van der Waals surface area (Å²) in [6, 6.07) is 5.07. The molecule has 0 saturated carbocycles. The third-order valence-electron chi connectivity index (χ3n) is 2.02. The minimum Gasteiger partial charge on any atom is -0.480 e. The average molecular weight is 337 g/mol. The average Bonchev–Trinajstić information content (AvgIpc) is 2.13. The Morgan fingerprint density at radius 2 is 2.06 bits per heavy atom. The van der Waals surface area contributed by atoms with Crippen LogP contribution in [0.1, 0.15) is 0 Å². The van der Waals surface area contributed by atoms with Crippen molar-refractivity contribution in [3.8, 4) is 0 Å². The lowest BCUT2D eigenvalue weighted by atomic mass is 10.2. The monoisotopic (exact) mass is 336 g/mol. The number of aliphatic carboxylic acids is 1. The summed E-state index contributed by atoms with van der Waals surface area (Å²) in [7, 11) is -0.379. The topological polar surface area (TPSA) is 86.7 Å². The standard InChI is InChI=1S/C10H13BrN2O4S/c1-13(2)9-4-3-7(11)5-8(9)12-18(16,17)6-10(14)15/h3-5,12H,6H2,1-2H3,(H,14,15). The maximum Gasteiger partial charge on any atom is 0.320 e. The van der Waals surface area contributed by atoms with Gasteiger partial charge in [-0.15, -0.1) is 0 Å². The summed E-state index contributed by atoms with van der Waals surface area (Å²) in [5, 5.41) is 8.52. The van der Waals surface area contributed by atoms with Crippen molar-refractivity contribution in [1.29, 1.82) is 0 Å². The van der Waals surface area contributed by atoms with Gasteiger partial charge >= 0.3 is 5.97 Å². The van der Waals surface area contributed by atoms with E-state index in [1.165, 1.54) is 0 Å². The zero-order valence-electron chi connectivity index (χ0n) is 9.84. The van der Waals surface area contributed by atoms with E-state index in [0.717, 1.165) is 0 Å². The number of rotatable bonds is 5. The summed E-state index contributed by atoms with van der Waals surface area (Å²) in [5.74, 6) is -2.37. The van der Waals surface area contributed by atoms with Crippen LogP contribution in [-0.4, -0.2) is 39.3 Å². The van der Waals surface area contributed by atoms with Gasteiger partial charge in [0.05, 0.1) is 11.4 Å².